The minimum absolute atomic E-state index is 0.111. The minimum atomic E-state index is -2.85. The molecule has 1 aliphatic rings. The molecule has 0 aliphatic carbocycles. The molecule has 0 bridgehead atoms. The lowest BCUT2D eigenvalue weighted by Crippen LogP contribution is -2.34. The summed E-state index contributed by atoms with van der Waals surface area (Å²) in [5.41, 5.74) is 0.231. The van der Waals surface area contributed by atoms with Crippen LogP contribution in [0.25, 0.3) is 0 Å². The number of carboxylic acid groups (broad SMARTS) is 1. The maximum Gasteiger partial charge on any atom is 0.335 e. The molecule has 0 spiro atoms. The summed E-state index contributed by atoms with van der Waals surface area (Å²) in [6.45, 7) is 1.28. The molecule has 1 aromatic rings. The normalized spacial score (nSPS) is 20.2. The Labute approximate surface area is 130 Å². The molecule has 1 atom stereocenters. The molecule has 7 heteroatoms. The number of sulfone groups is 1. The zero-order valence-corrected chi connectivity index (χ0v) is 13.4. The molecule has 1 aromatic carbocycles. The Balaban J connectivity index is 1.69. The van der Waals surface area contributed by atoms with Gasteiger partial charge in [0.25, 0.3) is 0 Å². The van der Waals surface area contributed by atoms with Crippen molar-refractivity contribution in [2.24, 2.45) is 0 Å². The van der Waals surface area contributed by atoms with Gasteiger partial charge in [-0.3, -0.25) is 0 Å². The third kappa shape index (κ3) is 4.71. The van der Waals surface area contributed by atoms with E-state index in [9.17, 15) is 13.2 Å². The molecule has 0 saturated carbocycles. The summed E-state index contributed by atoms with van der Waals surface area (Å²) in [6, 6.07) is 6.40. The van der Waals surface area contributed by atoms with Crippen molar-refractivity contribution in [3.8, 4) is 5.75 Å². The lowest BCUT2D eigenvalue weighted by Gasteiger charge is -2.22. The van der Waals surface area contributed by atoms with E-state index in [1.807, 2.05) is 7.05 Å². The summed E-state index contributed by atoms with van der Waals surface area (Å²) in [5.74, 6) is 0.214. The molecule has 1 N–H and O–H groups in total. The first-order chi connectivity index (χ1) is 10.4. The van der Waals surface area contributed by atoms with Crippen LogP contribution in [0.2, 0.25) is 0 Å². The van der Waals surface area contributed by atoms with Crippen molar-refractivity contribution < 1.29 is 23.1 Å². The predicted octanol–water partition coefficient (Wildman–Crippen LogP) is 1.27. The van der Waals surface area contributed by atoms with E-state index in [4.69, 9.17) is 9.84 Å². The summed E-state index contributed by atoms with van der Waals surface area (Å²) in [4.78, 5) is 12.8. The molecular formula is C15H21NO5S. The van der Waals surface area contributed by atoms with Crippen molar-refractivity contribution >= 4 is 15.8 Å². The second-order valence-corrected chi connectivity index (χ2v) is 7.80. The average Bonchev–Trinajstić information content (AvgIpc) is 2.84. The molecular weight excluding hydrogens is 306 g/mol. The quantitative estimate of drug-likeness (QED) is 0.759. The van der Waals surface area contributed by atoms with Crippen LogP contribution >= 0.6 is 0 Å². The SMILES string of the molecule is CN(CCCOc1ccc(C(=O)O)cc1)C1CCS(=O)(=O)C1. The first-order valence-electron chi connectivity index (χ1n) is 7.24. The van der Waals surface area contributed by atoms with Crippen LogP contribution in [0.4, 0.5) is 0 Å². The highest BCUT2D eigenvalue weighted by molar-refractivity contribution is 7.91. The number of rotatable bonds is 7. The number of nitrogens with zero attached hydrogens (tertiary/aromatic N) is 1. The Morgan fingerprint density at radius 3 is 2.59 bits per heavy atom. The molecule has 122 valence electrons. The van der Waals surface area contributed by atoms with Gasteiger partial charge in [0.2, 0.25) is 0 Å². The number of ether oxygens (including phenoxy) is 1. The van der Waals surface area contributed by atoms with Crippen LogP contribution in [0.3, 0.4) is 0 Å². The van der Waals surface area contributed by atoms with Gasteiger partial charge in [-0.05, 0) is 44.2 Å². The van der Waals surface area contributed by atoms with Crippen molar-refractivity contribution in [3.63, 3.8) is 0 Å². The number of benzene rings is 1. The fourth-order valence-electron chi connectivity index (χ4n) is 2.50. The highest BCUT2D eigenvalue weighted by atomic mass is 32.2. The van der Waals surface area contributed by atoms with Crippen molar-refractivity contribution in [1.82, 2.24) is 4.90 Å². The fraction of sp³-hybridized carbons (Fsp3) is 0.533. The molecule has 0 aromatic heterocycles. The van der Waals surface area contributed by atoms with Gasteiger partial charge in [-0.2, -0.15) is 0 Å². The van der Waals surface area contributed by atoms with Gasteiger partial charge in [-0.25, -0.2) is 13.2 Å². The van der Waals surface area contributed by atoms with Crippen molar-refractivity contribution in [2.45, 2.75) is 18.9 Å². The lowest BCUT2D eigenvalue weighted by atomic mass is 10.2. The lowest BCUT2D eigenvalue weighted by molar-refractivity contribution is 0.0697. The maximum atomic E-state index is 11.4. The van der Waals surface area contributed by atoms with E-state index in [1.165, 1.54) is 12.1 Å². The zero-order chi connectivity index (χ0) is 16.2. The third-order valence-electron chi connectivity index (χ3n) is 3.86. The Morgan fingerprint density at radius 2 is 2.05 bits per heavy atom. The summed E-state index contributed by atoms with van der Waals surface area (Å²) in [6.07, 6.45) is 1.49. The molecule has 1 heterocycles. The van der Waals surface area contributed by atoms with Gasteiger partial charge in [0.15, 0.2) is 9.84 Å². The average molecular weight is 327 g/mol. The highest BCUT2D eigenvalue weighted by Crippen LogP contribution is 2.17. The van der Waals surface area contributed by atoms with E-state index in [0.29, 0.717) is 18.8 Å². The molecule has 1 aliphatic heterocycles. The highest BCUT2D eigenvalue weighted by Gasteiger charge is 2.30. The molecule has 1 unspecified atom stereocenters. The molecule has 22 heavy (non-hydrogen) atoms. The van der Waals surface area contributed by atoms with Gasteiger partial charge < -0.3 is 14.7 Å². The van der Waals surface area contributed by atoms with E-state index >= 15 is 0 Å². The predicted molar refractivity (Wildman–Crippen MR) is 83.2 cm³/mol. The monoisotopic (exact) mass is 327 g/mol. The Kier molecular flexibility index (Phi) is 5.42. The number of hydrogen-bond acceptors (Lipinski definition) is 5. The molecule has 1 fully saturated rings. The minimum Gasteiger partial charge on any atom is -0.494 e. The van der Waals surface area contributed by atoms with Crippen LogP contribution in [0.15, 0.2) is 24.3 Å². The second kappa shape index (κ2) is 7.11. The smallest absolute Gasteiger partial charge is 0.335 e. The van der Waals surface area contributed by atoms with E-state index in [2.05, 4.69) is 4.90 Å². The van der Waals surface area contributed by atoms with Crippen molar-refractivity contribution in [2.75, 3.05) is 31.7 Å². The van der Waals surface area contributed by atoms with Gasteiger partial charge in [-0.1, -0.05) is 0 Å². The first-order valence-corrected chi connectivity index (χ1v) is 9.06. The fourth-order valence-corrected chi connectivity index (χ4v) is 4.31. The number of carboxylic acids is 1. The number of carbonyl (C=O) groups is 1. The molecule has 0 radical (unpaired) electrons. The third-order valence-corrected chi connectivity index (χ3v) is 5.61. The number of aromatic carboxylic acids is 1. The topological polar surface area (TPSA) is 83.9 Å². The Bertz CT molecular complexity index is 611. The van der Waals surface area contributed by atoms with Crippen LogP contribution in [-0.2, 0) is 9.84 Å². The maximum absolute atomic E-state index is 11.4. The van der Waals surface area contributed by atoms with Gasteiger partial charge in [-0.15, -0.1) is 0 Å². The van der Waals surface area contributed by atoms with E-state index in [0.717, 1.165) is 13.0 Å². The Hall–Kier alpha value is -1.60. The van der Waals surface area contributed by atoms with Crippen LogP contribution < -0.4 is 4.74 Å². The van der Waals surface area contributed by atoms with Crippen LogP contribution in [0.1, 0.15) is 23.2 Å². The Morgan fingerprint density at radius 1 is 1.36 bits per heavy atom. The largest absolute Gasteiger partial charge is 0.494 e. The molecule has 6 nitrogen and oxygen atoms in total. The van der Waals surface area contributed by atoms with Gasteiger partial charge >= 0.3 is 5.97 Å². The first kappa shape index (κ1) is 16.8. The standard InChI is InChI=1S/C15H21NO5S/c1-16(13-7-10-22(19,20)11-13)8-2-9-21-14-5-3-12(4-6-14)15(17)18/h3-6,13H,2,7-11H2,1H3,(H,17,18). The van der Waals surface area contributed by atoms with Crippen LogP contribution in [0, 0.1) is 0 Å². The van der Waals surface area contributed by atoms with Crippen LogP contribution in [0.5, 0.6) is 5.75 Å². The van der Waals surface area contributed by atoms with Gasteiger partial charge in [0.1, 0.15) is 5.75 Å². The molecule has 0 amide bonds. The van der Waals surface area contributed by atoms with Crippen molar-refractivity contribution in [3.05, 3.63) is 29.8 Å². The zero-order valence-electron chi connectivity index (χ0n) is 12.6. The summed E-state index contributed by atoms with van der Waals surface area (Å²) >= 11 is 0. The molecule has 2 rings (SSSR count). The van der Waals surface area contributed by atoms with E-state index < -0.39 is 15.8 Å². The summed E-state index contributed by atoms with van der Waals surface area (Å²) < 4.78 is 28.4. The summed E-state index contributed by atoms with van der Waals surface area (Å²) in [5, 5.41) is 8.80. The van der Waals surface area contributed by atoms with Crippen molar-refractivity contribution in [1.29, 1.82) is 0 Å². The van der Waals surface area contributed by atoms with E-state index in [1.54, 1.807) is 12.1 Å². The van der Waals surface area contributed by atoms with E-state index in [-0.39, 0.29) is 23.1 Å². The van der Waals surface area contributed by atoms with Gasteiger partial charge in [0, 0.05) is 12.6 Å². The van der Waals surface area contributed by atoms with Crippen LogP contribution in [-0.4, -0.2) is 62.1 Å². The van der Waals surface area contributed by atoms with Gasteiger partial charge in [0.05, 0.1) is 23.7 Å². The summed E-state index contributed by atoms with van der Waals surface area (Å²) in [7, 11) is -0.908. The second-order valence-electron chi connectivity index (χ2n) is 5.57. The number of hydrogen-bond donors (Lipinski definition) is 1. The molecule has 1 saturated heterocycles.